The maximum absolute atomic E-state index is 13.5. The van der Waals surface area contributed by atoms with E-state index in [1.807, 2.05) is 80.5 Å². The number of rotatable bonds is 7. The van der Waals surface area contributed by atoms with Crippen molar-refractivity contribution in [3.63, 3.8) is 0 Å². The van der Waals surface area contributed by atoms with Crippen molar-refractivity contribution in [3.8, 4) is 5.75 Å². The molecule has 0 radical (unpaired) electrons. The minimum absolute atomic E-state index is 0.115. The van der Waals surface area contributed by atoms with Gasteiger partial charge in [0.25, 0.3) is 11.7 Å². The number of fused-ring (bicyclic) bond motifs is 1. The van der Waals surface area contributed by atoms with Crippen LogP contribution in [0.4, 0.5) is 0 Å². The molecule has 1 saturated heterocycles. The number of ether oxygens (including phenoxy) is 1. The lowest BCUT2D eigenvalue weighted by molar-refractivity contribution is -0.140. The highest BCUT2D eigenvalue weighted by atomic mass is 16.5. The van der Waals surface area contributed by atoms with Gasteiger partial charge in [-0.1, -0.05) is 63.2 Å². The lowest BCUT2D eigenvalue weighted by atomic mass is 9.84. The minimum Gasteiger partial charge on any atom is -0.507 e. The third-order valence-electron chi connectivity index (χ3n) is 6.81. The molecule has 0 aliphatic carbocycles. The molecule has 0 saturated carbocycles. The number of benzene rings is 3. The first-order valence-electron chi connectivity index (χ1n) is 12.7. The number of likely N-dealkylation sites (N-methyl/N-ethyl adjacent to an activating group) is 1. The van der Waals surface area contributed by atoms with E-state index in [9.17, 15) is 14.7 Å². The van der Waals surface area contributed by atoms with Crippen LogP contribution in [0.3, 0.4) is 0 Å². The maximum Gasteiger partial charge on any atom is 0.295 e. The molecule has 3 aromatic rings. The van der Waals surface area contributed by atoms with E-state index in [4.69, 9.17) is 4.74 Å². The predicted molar refractivity (Wildman–Crippen MR) is 148 cm³/mol. The number of hydrogen-bond acceptors (Lipinski definition) is 5. The summed E-state index contributed by atoms with van der Waals surface area (Å²) in [4.78, 5) is 30.4. The third-order valence-corrected chi connectivity index (χ3v) is 6.81. The standard InChI is InChI=1S/C31H36N2O4/c1-7-37-25-16-15-21(19-24(25)31(2,3)4)28(34)26-27(33(18-17-32(5)6)30(36)29(26)35)23-14-10-12-20-11-8-9-13-22(20)23/h8-16,19,27,34H,7,17-18H2,1-6H3/b28-26+. The van der Waals surface area contributed by atoms with E-state index >= 15 is 0 Å². The molecule has 3 aromatic carbocycles. The molecule has 4 rings (SSSR count). The molecule has 1 unspecified atom stereocenters. The number of nitrogens with zero attached hydrogens (tertiary/aromatic N) is 2. The van der Waals surface area contributed by atoms with E-state index in [0.29, 0.717) is 25.3 Å². The Hall–Kier alpha value is -3.64. The number of amides is 1. The first-order chi connectivity index (χ1) is 17.5. The molecule has 37 heavy (non-hydrogen) atoms. The van der Waals surface area contributed by atoms with Gasteiger partial charge in [-0.05, 0) is 61.0 Å². The molecule has 1 aliphatic heterocycles. The van der Waals surface area contributed by atoms with Gasteiger partial charge in [0, 0.05) is 24.2 Å². The van der Waals surface area contributed by atoms with Gasteiger partial charge in [0.05, 0.1) is 18.2 Å². The van der Waals surface area contributed by atoms with Crippen LogP contribution in [-0.4, -0.2) is 60.4 Å². The van der Waals surface area contributed by atoms with Crippen LogP contribution in [-0.2, 0) is 15.0 Å². The Morgan fingerprint density at radius 3 is 2.41 bits per heavy atom. The van der Waals surface area contributed by atoms with E-state index < -0.39 is 17.7 Å². The maximum atomic E-state index is 13.5. The van der Waals surface area contributed by atoms with Crippen LogP contribution >= 0.6 is 0 Å². The summed E-state index contributed by atoms with van der Waals surface area (Å²) in [6.45, 7) is 9.62. The third kappa shape index (κ3) is 5.12. The second-order valence-electron chi connectivity index (χ2n) is 10.8. The zero-order valence-electron chi connectivity index (χ0n) is 22.5. The molecular formula is C31H36N2O4. The number of carbonyl (C=O) groups excluding carboxylic acids is 2. The van der Waals surface area contributed by atoms with E-state index in [1.165, 1.54) is 0 Å². The van der Waals surface area contributed by atoms with Crippen LogP contribution in [0.2, 0.25) is 0 Å². The zero-order valence-corrected chi connectivity index (χ0v) is 22.5. The van der Waals surface area contributed by atoms with Gasteiger partial charge in [0.2, 0.25) is 0 Å². The van der Waals surface area contributed by atoms with Crippen LogP contribution in [0, 0.1) is 0 Å². The van der Waals surface area contributed by atoms with Crippen molar-refractivity contribution in [2.24, 2.45) is 0 Å². The Morgan fingerprint density at radius 1 is 1.03 bits per heavy atom. The molecule has 1 aliphatic rings. The van der Waals surface area contributed by atoms with Crippen LogP contribution in [0.25, 0.3) is 16.5 Å². The Balaban J connectivity index is 1.95. The smallest absolute Gasteiger partial charge is 0.295 e. The Labute approximate surface area is 219 Å². The summed E-state index contributed by atoms with van der Waals surface area (Å²) in [7, 11) is 3.86. The summed E-state index contributed by atoms with van der Waals surface area (Å²) >= 11 is 0. The van der Waals surface area contributed by atoms with Crippen molar-refractivity contribution in [1.82, 2.24) is 9.80 Å². The number of ketones is 1. The Morgan fingerprint density at radius 2 is 1.73 bits per heavy atom. The van der Waals surface area contributed by atoms with Crippen LogP contribution in [0.1, 0.15) is 50.4 Å². The van der Waals surface area contributed by atoms with Crippen LogP contribution < -0.4 is 4.74 Å². The number of aliphatic hydroxyl groups is 1. The summed E-state index contributed by atoms with van der Waals surface area (Å²) in [5.41, 5.74) is 2.09. The second kappa shape index (κ2) is 10.4. The zero-order chi connectivity index (χ0) is 26.9. The van der Waals surface area contributed by atoms with Gasteiger partial charge < -0.3 is 19.6 Å². The number of hydrogen-bond donors (Lipinski definition) is 1. The Bertz CT molecular complexity index is 1360. The van der Waals surface area contributed by atoms with Crippen molar-refractivity contribution >= 4 is 28.2 Å². The molecule has 194 valence electrons. The summed E-state index contributed by atoms with van der Waals surface area (Å²) < 4.78 is 5.84. The predicted octanol–water partition coefficient (Wildman–Crippen LogP) is 5.52. The highest BCUT2D eigenvalue weighted by Crippen LogP contribution is 2.42. The molecular weight excluding hydrogens is 464 g/mol. The van der Waals surface area contributed by atoms with Crippen LogP contribution in [0.15, 0.2) is 66.2 Å². The van der Waals surface area contributed by atoms with Crippen molar-refractivity contribution in [3.05, 3.63) is 82.9 Å². The topological polar surface area (TPSA) is 70.1 Å². The minimum atomic E-state index is -0.698. The van der Waals surface area contributed by atoms with Crippen LogP contribution in [0.5, 0.6) is 5.75 Å². The average molecular weight is 501 g/mol. The fourth-order valence-corrected chi connectivity index (χ4v) is 4.93. The molecule has 6 heteroatoms. The van der Waals surface area contributed by atoms with Gasteiger partial charge >= 0.3 is 0 Å². The van der Waals surface area contributed by atoms with E-state index in [0.717, 1.165) is 27.6 Å². The van der Waals surface area contributed by atoms with E-state index in [-0.39, 0.29) is 16.7 Å². The number of likely N-dealkylation sites (tertiary alicyclic amines) is 1. The number of Topliss-reactive ketones (excluding diaryl/α,β-unsaturated/α-hetero) is 1. The SMILES string of the molecule is CCOc1ccc(/C(O)=C2\C(=O)C(=O)N(CCN(C)C)C2c2cccc3ccccc23)cc1C(C)(C)C. The van der Waals surface area contributed by atoms with E-state index in [2.05, 4.69) is 20.8 Å². The lowest BCUT2D eigenvalue weighted by Gasteiger charge is -2.28. The first kappa shape index (κ1) is 26.4. The largest absolute Gasteiger partial charge is 0.507 e. The van der Waals surface area contributed by atoms with Crippen molar-refractivity contribution in [2.75, 3.05) is 33.8 Å². The molecule has 1 N–H and O–H groups in total. The monoisotopic (exact) mass is 500 g/mol. The summed E-state index contributed by atoms with van der Waals surface area (Å²) in [5.74, 6) is -0.690. The molecule has 0 bridgehead atoms. The molecule has 6 nitrogen and oxygen atoms in total. The number of carbonyl (C=O) groups is 2. The van der Waals surface area contributed by atoms with Crippen molar-refractivity contribution in [1.29, 1.82) is 0 Å². The summed E-state index contributed by atoms with van der Waals surface area (Å²) in [6.07, 6.45) is 0. The molecule has 0 spiro atoms. The fraction of sp³-hybridized carbons (Fsp3) is 0.355. The van der Waals surface area contributed by atoms with Crippen molar-refractivity contribution < 1.29 is 19.4 Å². The van der Waals surface area contributed by atoms with Gasteiger partial charge in [-0.3, -0.25) is 9.59 Å². The van der Waals surface area contributed by atoms with Gasteiger partial charge in [-0.2, -0.15) is 0 Å². The van der Waals surface area contributed by atoms with Gasteiger partial charge in [0.1, 0.15) is 11.5 Å². The molecule has 1 amide bonds. The molecule has 1 atom stereocenters. The molecule has 1 heterocycles. The lowest BCUT2D eigenvalue weighted by Crippen LogP contribution is -2.35. The molecule has 1 fully saturated rings. The van der Waals surface area contributed by atoms with Gasteiger partial charge in [0.15, 0.2) is 0 Å². The summed E-state index contributed by atoms with van der Waals surface area (Å²) in [5, 5.41) is 13.6. The second-order valence-corrected chi connectivity index (χ2v) is 10.8. The van der Waals surface area contributed by atoms with E-state index in [1.54, 1.807) is 11.0 Å². The van der Waals surface area contributed by atoms with Crippen molar-refractivity contribution in [2.45, 2.75) is 39.2 Å². The highest BCUT2D eigenvalue weighted by Gasteiger charge is 2.46. The van der Waals surface area contributed by atoms with Gasteiger partial charge in [-0.15, -0.1) is 0 Å². The average Bonchev–Trinajstić information content (AvgIpc) is 3.11. The highest BCUT2D eigenvalue weighted by molar-refractivity contribution is 6.46. The normalized spacial score (nSPS) is 17.7. The quantitative estimate of drug-likeness (QED) is 0.263. The Kier molecular flexibility index (Phi) is 7.42. The summed E-state index contributed by atoms with van der Waals surface area (Å²) in [6, 6.07) is 18.5. The number of aliphatic hydroxyl groups excluding tert-OH is 1. The van der Waals surface area contributed by atoms with Gasteiger partial charge in [-0.25, -0.2) is 0 Å². The first-order valence-corrected chi connectivity index (χ1v) is 12.7. The fourth-order valence-electron chi connectivity index (χ4n) is 4.93. The molecule has 0 aromatic heterocycles.